The topological polar surface area (TPSA) is 32.3 Å². The van der Waals surface area contributed by atoms with Crippen LogP contribution < -0.4 is 5.32 Å². The highest BCUT2D eigenvalue weighted by Gasteiger charge is 2.14. The molecular formula is C18H28N2OS. The Labute approximate surface area is 138 Å². The zero-order valence-corrected chi connectivity index (χ0v) is 14.6. The molecule has 1 N–H and O–H groups in total. The highest BCUT2D eigenvalue weighted by Crippen LogP contribution is 2.28. The number of carbonyl (C=O) groups is 1. The summed E-state index contributed by atoms with van der Waals surface area (Å²) in [5.41, 5.74) is 1.17. The first kappa shape index (κ1) is 17.2. The number of nitrogens with one attached hydrogen (secondary N) is 1. The fraction of sp³-hybridized carbons (Fsp3) is 0.611. The summed E-state index contributed by atoms with van der Waals surface area (Å²) in [5, 5.41) is 3.03. The Hall–Kier alpha value is -1.16. The van der Waals surface area contributed by atoms with Crippen molar-refractivity contribution in [1.82, 2.24) is 10.2 Å². The summed E-state index contributed by atoms with van der Waals surface area (Å²) in [6, 6.07) is 8.42. The van der Waals surface area contributed by atoms with Gasteiger partial charge in [0.15, 0.2) is 0 Å². The molecular weight excluding hydrogens is 292 g/mol. The highest BCUT2D eigenvalue weighted by molar-refractivity contribution is 7.98. The highest BCUT2D eigenvalue weighted by atomic mass is 32.2. The minimum atomic E-state index is 0.0281. The van der Waals surface area contributed by atoms with Crippen LogP contribution in [0.15, 0.2) is 29.2 Å². The van der Waals surface area contributed by atoms with Gasteiger partial charge in [-0.2, -0.15) is 0 Å². The van der Waals surface area contributed by atoms with Crippen LogP contribution in [0.25, 0.3) is 0 Å². The molecule has 0 spiro atoms. The lowest BCUT2D eigenvalue weighted by Crippen LogP contribution is -2.37. The van der Waals surface area contributed by atoms with Gasteiger partial charge in [0.1, 0.15) is 0 Å². The van der Waals surface area contributed by atoms with Gasteiger partial charge in [0.05, 0.1) is 0 Å². The molecule has 0 atom stereocenters. The monoisotopic (exact) mass is 320 g/mol. The Kier molecular flexibility index (Phi) is 7.10. The van der Waals surface area contributed by atoms with E-state index in [4.69, 9.17) is 0 Å². The Balaban J connectivity index is 1.65. The van der Waals surface area contributed by atoms with Crippen molar-refractivity contribution in [1.29, 1.82) is 0 Å². The first-order valence-corrected chi connectivity index (χ1v) is 9.53. The van der Waals surface area contributed by atoms with E-state index in [-0.39, 0.29) is 6.03 Å². The van der Waals surface area contributed by atoms with E-state index in [1.165, 1.54) is 42.6 Å². The standard InChI is InChI=1S/C18H28N2OS/c1-20(14-16-9-11-17(22-2)12-10-16)18(21)19-13-5-8-15-6-3-4-7-15/h9-12,15H,3-8,13-14H2,1-2H3,(H,19,21). The largest absolute Gasteiger partial charge is 0.338 e. The van der Waals surface area contributed by atoms with Crippen LogP contribution in [0.5, 0.6) is 0 Å². The average Bonchev–Trinajstić information content (AvgIpc) is 3.05. The first-order chi connectivity index (χ1) is 10.7. The Morgan fingerprint density at radius 1 is 1.27 bits per heavy atom. The third-order valence-electron chi connectivity index (χ3n) is 4.47. The second-order valence-electron chi connectivity index (χ2n) is 6.23. The van der Waals surface area contributed by atoms with E-state index in [0.717, 1.165) is 18.9 Å². The van der Waals surface area contributed by atoms with Crippen LogP contribution in [0, 0.1) is 5.92 Å². The molecule has 0 aromatic heterocycles. The van der Waals surface area contributed by atoms with E-state index < -0.39 is 0 Å². The number of urea groups is 1. The quantitative estimate of drug-likeness (QED) is 0.592. The van der Waals surface area contributed by atoms with Gasteiger partial charge >= 0.3 is 6.03 Å². The molecule has 4 heteroatoms. The van der Waals surface area contributed by atoms with Gasteiger partial charge in [0.25, 0.3) is 0 Å². The van der Waals surface area contributed by atoms with E-state index in [1.807, 2.05) is 7.05 Å². The Bertz CT molecular complexity index is 455. The second-order valence-corrected chi connectivity index (χ2v) is 7.11. The van der Waals surface area contributed by atoms with Crippen LogP contribution in [0.2, 0.25) is 0 Å². The Morgan fingerprint density at radius 3 is 2.59 bits per heavy atom. The van der Waals surface area contributed by atoms with Crippen LogP contribution in [0.3, 0.4) is 0 Å². The summed E-state index contributed by atoms with van der Waals surface area (Å²) in [5.74, 6) is 0.907. The maximum Gasteiger partial charge on any atom is 0.317 e. The van der Waals surface area contributed by atoms with Crippen molar-refractivity contribution >= 4 is 17.8 Å². The summed E-state index contributed by atoms with van der Waals surface area (Å²) in [6.07, 6.45) is 10.0. The van der Waals surface area contributed by atoms with Crippen LogP contribution in [-0.2, 0) is 6.54 Å². The third kappa shape index (κ3) is 5.56. The molecule has 3 nitrogen and oxygen atoms in total. The number of benzene rings is 1. The average molecular weight is 321 g/mol. The molecule has 0 aliphatic heterocycles. The maximum absolute atomic E-state index is 12.1. The number of thioether (sulfide) groups is 1. The van der Waals surface area contributed by atoms with Gasteiger partial charge in [0, 0.05) is 25.0 Å². The van der Waals surface area contributed by atoms with Gasteiger partial charge in [-0.15, -0.1) is 11.8 Å². The smallest absolute Gasteiger partial charge is 0.317 e. The summed E-state index contributed by atoms with van der Waals surface area (Å²) >= 11 is 1.73. The molecule has 0 bridgehead atoms. The predicted molar refractivity (Wildman–Crippen MR) is 94.3 cm³/mol. The van der Waals surface area contributed by atoms with Gasteiger partial charge < -0.3 is 10.2 Å². The van der Waals surface area contributed by atoms with Crippen LogP contribution in [0.4, 0.5) is 4.79 Å². The number of nitrogens with zero attached hydrogens (tertiary/aromatic N) is 1. The number of hydrogen-bond donors (Lipinski definition) is 1. The Morgan fingerprint density at radius 2 is 1.95 bits per heavy atom. The molecule has 122 valence electrons. The molecule has 2 amide bonds. The van der Waals surface area contributed by atoms with Crippen molar-refractivity contribution in [3.63, 3.8) is 0 Å². The van der Waals surface area contributed by atoms with E-state index in [9.17, 15) is 4.79 Å². The lowest BCUT2D eigenvalue weighted by Gasteiger charge is -2.18. The molecule has 1 aromatic rings. The zero-order chi connectivity index (χ0) is 15.8. The number of amides is 2. The van der Waals surface area contributed by atoms with Crippen LogP contribution >= 0.6 is 11.8 Å². The molecule has 0 unspecified atom stereocenters. The minimum Gasteiger partial charge on any atom is -0.338 e. The van der Waals surface area contributed by atoms with Crippen LogP contribution in [-0.4, -0.2) is 30.8 Å². The number of rotatable bonds is 7. The molecule has 1 aliphatic carbocycles. The van der Waals surface area contributed by atoms with Crippen molar-refractivity contribution in [3.8, 4) is 0 Å². The lowest BCUT2D eigenvalue weighted by atomic mass is 10.0. The van der Waals surface area contributed by atoms with E-state index >= 15 is 0 Å². The molecule has 1 saturated carbocycles. The van der Waals surface area contributed by atoms with Gasteiger partial charge in [-0.1, -0.05) is 37.8 Å². The van der Waals surface area contributed by atoms with Gasteiger partial charge in [-0.05, 0) is 42.7 Å². The van der Waals surface area contributed by atoms with Crippen molar-refractivity contribution < 1.29 is 4.79 Å². The fourth-order valence-electron chi connectivity index (χ4n) is 3.10. The molecule has 1 aliphatic rings. The molecule has 22 heavy (non-hydrogen) atoms. The second kappa shape index (κ2) is 9.09. The summed E-state index contributed by atoms with van der Waals surface area (Å²) in [7, 11) is 1.86. The third-order valence-corrected chi connectivity index (χ3v) is 5.21. The maximum atomic E-state index is 12.1. The normalized spacial score (nSPS) is 15.0. The van der Waals surface area contributed by atoms with Gasteiger partial charge in [-0.3, -0.25) is 0 Å². The van der Waals surface area contributed by atoms with E-state index in [0.29, 0.717) is 6.54 Å². The van der Waals surface area contributed by atoms with Gasteiger partial charge in [0.2, 0.25) is 0 Å². The van der Waals surface area contributed by atoms with Crippen molar-refractivity contribution in [2.75, 3.05) is 19.8 Å². The van der Waals surface area contributed by atoms with Crippen molar-refractivity contribution in [2.24, 2.45) is 5.92 Å². The number of carbonyl (C=O) groups excluding carboxylic acids is 1. The van der Waals surface area contributed by atoms with Crippen LogP contribution in [0.1, 0.15) is 44.1 Å². The summed E-state index contributed by atoms with van der Waals surface area (Å²) in [4.78, 5) is 15.1. The summed E-state index contributed by atoms with van der Waals surface area (Å²) < 4.78 is 0. The summed E-state index contributed by atoms with van der Waals surface area (Å²) in [6.45, 7) is 1.45. The molecule has 1 fully saturated rings. The minimum absolute atomic E-state index is 0.0281. The molecule has 1 aromatic carbocycles. The molecule has 2 rings (SSSR count). The molecule has 0 heterocycles. The van der Waals surface area contributed by atoms with Crippen molar-refractivity contribution in [2.45, 2.75) is 50.0 Å². The number of hydrogen-bond acceptors (Lipinski definition) is 2. The zero-order valence-electron chi connectivity index (χ0n) is 13.8. The molecule has 0 saturated heterocycles. The van der Waals surface area contributed by atoms with E-state index in [1.54, 1.807) is 16.7 Å². The molecule has 0 radical (unpaired) electrons. The predicted octanol–water partition coefficient (Wildman–Crippen LogP) is 4.52. The first-order valence-electron chi connectivity index (χ1n) is 8.31. The SMILES string of the molecule is CSc1ccc(CN(C)C(=O)NCCCC2CCCC2)cc1. The van der Waals surface area contributed by atoms with Crippen molar-refractivity contribution in [3.05, 3.63) is 29.8 Å². The lowest BCUT2D eigenvalue weighted by molar-refractivity contribution is 0.206. The fourth-order valence-corrected chi connectivity index (χ4v) is 3.50. The van der Waals surface area contributed by atoms with Gasteiger partial charge in [-0.25, -0.2) is 4.79 Å². The van der Waals surface area contributed by atoms with E-state index in [2.05, 4.69) is 35.8 Å².